The minimum absolute atomic E-state index is 0.367. The van der Waals surface area contributed by atoms with Crippen LogP contribution in [-0.2, 0) is 0 Å². The Labute approximate surface area is 98.3 Å². The van der Waals surface area contributed by atoms with Crippen molar-refractivity contribution in [3.8, 4) is 5.75 Å². The van der Waals surface area contributed by atoms with E-state index in [9.17, 15) is 0 Å². The molecule has 0 spiro atoms. The highest BCUT2D eigenvalue weighted by Gasteiger charge is 2.12. The summed E-state index contributed by atoms with van der Waals surface area (Å²) in [7, 11) is 0. The predicted molar refractivity (Wildman–Crippen MR) is 68.8 cm³/mol. The van der Waals surface area contributed by atoms with Crippen LogP contribution in [0.5, 0.6) is 5.75 Å². The Balaban J connectivity index is 2.86. The van der Waals surface area contributed by atoms with Crippen LogP contribution in [0.1, 0.15) is 31.9 Å². The van der Waals surface area contributed by atoms with Gasteiger partial charge in [0.15, 0.2) is 0 Å². The fourth-order valence-corrected chi connectivity index (χ4v) is 1.77. The van der Waals surface area contributed by atoms with E-state index in [2.05, 4.69) is 37.9 Å². The van der Waals surface area contributed by atoms with Gasteiger partial charge in [0.25, 0.3) is 0 Å². The standard InChI is InChI=1S/C14H21NO/c1-4-11-16-14-10-8-7-9-12(14)13(5-2)15-6-3/h4,7-10,13,15H,1,5-6,11H2,2-3H3. The van der Waals surface area contributed by atoms with Gasteiger partial charge in [0.1, 0.15) is 12.4 Å². The second-order valence-electron chi connectivity index (χ2n) is 3.66. The summed E-state index contributed by atoms with van der Waals surface area (Å²) >= 11 is 0. The van der Waals surface area contributed by atoms with E-state index in [1.165, 1.54) is 5.56 Å². The van der Waals surface area contributed by atoms with Crippen LogP contribution in [0.3, 0.4) is 0 Å². The average Bonchev–Trinajstić information content (AvgIpc) is 2.34. The fourth-order valence-electron chi connectivity index (χ4n) is 1.77. The third kappa shape index (κ3) is 3.38. The van der Waals surface area contributed by atoms with E-state index in [-0.39, 0.29) is 0 Å². The van der Waals surface area contributed by atoms with Crippen LogP contribution >= 0.6 is 0 Å². The van der Waals surface area contributed by atoms with Gasteiger partial charge in [0, 0.05) is 11.6 Å². The number of hydrogen-bond acceptors (Lipinski definition) is 2. The molecule has 1 N–H and O–H groups in total. The summed E-state index contributed by atoms with van der Waals surface area (Å²) in [5.74, 6) is 0.954. The van der Waals surface area contributed by atoms with Gasteiger partial charge in [-0.2, -0.15) is 0 Å². The lowest BCUT2D eigenvalue weighted by atomic mass is 10.0. The van der Waals surface area contributed by atoms with Crippen LogP contribution in [0.25, 0.3) is 0 Å². The summed E-state index contributed by atoms with van der Waals surface area (Å²) in [6.45, 7) is 9.49. The molecular formula is C14H21NO. The van der Waals surface area contributed by atoms with Crippen LogP contribution < -0.4 is 10.1 Å². The van der Waals surface area contributed by atoms with Gasteiger partial charge in [-0.15, -0.1) is 0 Å². The summed E-state index contributed by atoms with van der Waals surface area (Å²) in [5.41, 5.74) is 1.23. The normalized spacial score (nSPS) is 12.1. The molecule has 0 aliphatic heterocycles. The second-order valence-corrected chi connectivity index (χ2v) is 3.66. The van der Waals surface area contributed by atoms with E-state index in [4.69, 9.17) is 4.74 Å². The highest BCUT2D eigenvalue weighted by Crippen LogP contribution is 2.26. The van der Waals surface area contributed by atoms with Crippen molar-refractivity contribution >= 4 is 0 Å². The molecule has 1 unspecified atom stereocenters. The SMILES string of the molecule is C=CCOc1ccccc1C(CC)NCC. The molecule has 0 aliphatic carbocycles. The van der Waals surface area contributed by atoms with Crippen molar-refractivity contribution in [2.45, 2.75) is 26.3 Å². The van der Waals surface area contributed by atoms with Gasteiger partial charge in [-0.3, -0.25) is 0 Å². The molecule has 0 amide bonds. The maximum Gasteiger partial charge on any atom is 0.124 e. The zero-order valence-corrected chi connectivity index (χ0v) is 10.2. The van der Waals surface area contributed by atoms with Gasteiger partial charge < -0.3 is 10.1 Å². The molecule has 0 bridgehead atoms. The number of hydrogen-bond donors (Lipinski definition) is 1. The lowest BCUT2D eigenvalue weighted by Gasteiger charge is -2.19. The Morgan fingerprint density at radius 2 is 2.12 bits per heavy atom. The molecule has 2 nitrogen and oxygen atoms in total. The van der Waals surface area contributed by atoms with Crippen LogP contribution in [0.2, 0.25) is 0 Å². The molecule has 16 heavy (non-hydrogen) atoms. The largest absolute Gasteiger partial charge is 0.489 e. The summed E-state index contributed by atoms with van der Waals surface area (Å²) in [6, 6.07) is 8.55. The molecule has 0 saturated carbocycles. The Bertz CT molecular complexity index is 322. The van der Waals surface area contributed by atoms with Crippen molar-refractivity contribution in [2.24, 2.45) is 0 Å². The predicted octanol–water partition coefficient (Wildman–Crippen LogP) is 3.31. The Morgan fingerprint density at radius 3 is 2.75 bits per heavy atom. The van der Waals surface area contributed by atoms with Crippen molar-refractivity contribution in [1.82, 2.24) is 5.32 Å². The molecule has 1 aromatic carbocycles. The molecule has 0 radical (unpaired) electrons. The van der Waals surface area contributed by atoms with Crippen molar-refractivity contribution in [2.75, 3.05) is 13.2 Å². The number of nitrogens with one attached hydrogen (secondary N) is 1. The third-order valence-electron chi connectivity index (χ3n) is 2.51. The highest BCUT2D eigenvalue weighted by molar-refractivity contribution is 5.36. The van der Waals surface area contributed by atoms with E-state index in [0.717, 1.165) is 18.7 Å². The molecule has 88 valence electrons. The minimum Gasteiger partial charge on any atom is -0.489 e. The van der Waals surface area contributed by atoms with Crippen LogP contribution in [0.4, 0.5) is 0 Å². The number of rotatable bonds is 7. The van der Waals surface area contributed by atoms with Gasteiger partial charge >= 0.3 is 0 Å². The summed E-state index contributed by atoms with van der Waals surface area (Å²) in [5, 5.41) is 3.46. The second kappa shape index (κ2) is 7.07. The Kier molecular flexibility index (Phi) is 5.65. The van der Waals surface area contributed by atoms with Gasteiger partial charge in [-0.1, -0.05) is 44.7 Å². The molecule has 0 aliphatic rings. The van der Waals surface area contributed by atoms with Gasteiger partial charge in [-0.25, -0.2) is 0 Å². The third-order valence-corrected chi connectivity index (χ3v) is 2.51. The van der Waals surface area contributed by atoms with Crippen molar-refractivity contribution in [1.29, 1.82) is 0 Å². The Hall–Kier alpha value is -1.28. The molecule has 0 fully saturated rings. The maximum atomic E-state index is 5.66. The van der Waals surface area contributed by atoms with Crippen LogP contribution in [0.15, 0.2) is 36.9 Å². The Morgan fingerprint density at radius 1 is 1.38 bits per heavy atom. The van der Waals surface area contributed by atoms with Crippen molar-refractivity contribution in [3.05, 3.63) is 42.5 Å². The van der Waals surface area contributed by atoms with E-state index >= 15 is 0 Å². The van der Waals surface area contributed by atoms with Gasteiger partial charge in [-0.05, 0) is 19.0 Å². The molecule has 0 aromatic heterocycles. The molecule has 1 rings (SSSR count). The topological polar surface area (TPSA) is 21.3 Å². The first-order valence-electron chi connectivity index (χ1n) is 5.89. The average molecular weight is 219 g/mol. The van der Waals surface area contributed by atoms with E-state index in [1.807, 2.05) is 12.1 Å². The first kappa shape index (κ1) is 12.8. The first-order chi connectivity index (χ1) is 7.83. The lowest BCUT2D eigenvalue weighted by Crippen LogP contribution is -2.20. The number of ether oxygens (including phenoxy) is 1. The first-order valence-corrected chi connectivity index (χ1v) is 5.89. The van der Waals surface area contributed by atoms with E-state index in [1.54, 1.807) is 6.08 Å². The molecule has 1 aromatic rings. The van der Waals surface area contributed by atoms with E-state index < -0.39 is 0 Å². The van der Waals surface area contributed by atoms with Crippen molar-refractivity contribution in [3.63, 3.8) is 0 Å². The zero-order chi connectivity index (χ0) is 11.8. The molecule has 2 heteroatoms. The molecule has 0 saturated heterocycles. The van der Waals surface area contributed by atoms with Gasteiger partial charge in [0.05, 0.1) is 0 Å². The fraction of sp³-hybridized carbons (Fsp3) is 0.429. The molecule has 1 atom stereocenters. The number of para-hydroxylation sites is 1. The quantitative estimate of drug-likeness (QED) is 0.710. The van der Waals surface area contributed by atoms with Crippen LogP contribution in [0, 0.1) is 0 Å². The monoisotopic (exact) mass is 219 g/mol. The summed E-state index contributed by atoms with van der Waals surface area (Å²) in [6.07, 6.45) is 2.83. The molecular weight excluding hydrogens is 198 g/mol. The summed E-state index contributed by atoms with van der Waals surface area (Å²) < 4.78 is 5.66. The van der Waals surface area contributed by atoms with Crippen molar-refractivity contribution < 1.29 is 4.74 Å². The highest BCUT2D eigenvalue weighted by atomic mass is 16.5. The molecule has 0 heterocycles. The zero-order valence-electron chi connectivity index (χ0n) is 10.2. The lowest BCUT2D eigenvalue weighted by molar-refractivity contribution is 0.352. The number of benzene rings is 1. The maximum absolute atomic E-state index is 5.66. The smallest absolute Gasteiger partial charge is 0.124 e. The van der Waals surface area contributed by atoms with Crippen LogP contribution in [-0.4, -0.2) is 13.2 Å². The van der Waals surface area contributed by atoms with E-state index in [0.29, 0.717) is 12.6 Å². The minimum atomic E-state index is 0.367. The summed E-state index contributed by atoms with van der Waals surface area (Å²) in [4.78, 5) is 0. The van der Waals surface area contributed by atoms with Gasteiger partial charge in [0.2, 0.25) is 0 Å².